The zero-order valence-electron chi connectivity index (χ0n) is 13.5. The number of aryl methyl sites for hydroxylation is 2. The molecule has 0 bridgehead atoms. The summed E-state index contributed by atoms with van der Waals surface area (Å²) in [5.41, 5.74) is 2.05. The first-order valence-corrected chi connectivity index (χ1v) is 9.66. The lowest BCUT2D eigenvalue weighted by molar-refractivity contribution is 0.175. The number of aromatic nitrogens is 1. The number of nitrogens with zero attached hydrogens (tertiary/aromatic N) is 2. The molecule has 0 unspecified atom stereocenters. The van der Waals surface area contributed by atoms with Gasteiger partial charge in [0.1, 0.15) is 5.76 Å². The highest BCUT2D eigenvalue weighted by molar-refractivity contribution is 7.91. The summed E-state index contributed by atoms with van der Waals surface area (Å²) in [6, 6.07) is 10.1. The molecule has 1 atom stereocenters. The quantitative estimate of drug-likeness (QED) is 0.840. The van der Waals surface area contributed by atoms with Crippen molar-refractivity contribution in [1.29, 1.82) is 0 Å². The molecule has 0 saturated carbocycles. The van der Waals surface area contributed by atoms with E-state index in [1.807, 2.05) is 32.0 Å². The summed E-state index contributed by atoms with van der Waals surface area (Å²) in [6.07, 6.45) is 0.674. The van der Waals surface area contributed by atoms with E-state index in [0.717, 1.165) is 17.0 Å². The molecular formula is C17H22N2O3S. The van der Waals surface area contributed by atoms with Crippen molar-refractivity contribution in [2.75, 3.05) is 11.5 Å². The molecule has 0 amide bonds. The minimum absolute atomic E-state index is 0.0210. The Morgan fingerprint density at radius 1 is 1.22 bits per heavy atom. The van der Waals surface area contributed by atoms with E-state index in [4.69, 9.17) is 4.42 Å². The molecule has 3 rings (SSSR count). The van der Waals surface area contributed by atoms with Gasteiger partial charge in [0.05, 0.1) is 23.7 Å². The molecule has 0 spiro atoms. The fourth-order valence-corrected chi connectivity index (χ4v) is 4.74. The smallest absolute Gasteiger partial charge is 0.208 e. The Balaban J connectivity index is 1.81. The molecule has 1 fully saturated rings. The summed E-state index contributed by atoms with van der Waals surface area (Å²) < 4.78 is 29.4. The van der Waals surface area contributed by atoms with Crippen LogP contribution in [0, 0.1) is 13.8 Å². The number of sulfone groups is 1. The van der Waals surface area contributed by atoms with Crippen LogP contribution >= 0.6 is 0 Å². The highest BCUT2D eigenvalue weighted by Crippen LogP contribution is 2.22. The van der Waals surface area contributed by atoms with Crippen molar-refractivity contribution in [3.63, 3.8) is 0 Å². The van der Waals surface area contributed by atoms with Gasteiger partial charge < -0.3 is 4.42 Å². The largest absolute Gasteiger partial charge is 0.444 e. The summed E-state index contributed by atoms with van der Waals surface area (Å²) in [6.45, 7) is 5.04. The van der Waals surface area contributed by atoms with Crippen LogP contribution in [-0.4, -0.2) is 35.8 Å². The molecule has 6 heteroatoms. The molecule has 124 valence electrons. The van der Waals surface area contributed by atoms with E-state index >= 15 is 0 Å². The molecule has 2 aromatic rings. The van der Waals surface area contributed by atoms with Crippen molar-refractivity contribution < 1.29 is 12.8 Å². The monoisotopic (exact) mass is 334 g/mol. The van der Waals surface area contributed by atoms with Gasteiger partial charge in [-0.2, -0.15) is 0 Å². The summed E-state index contributed by atoms with van der Waals surface area (Å²) in [5.74, 6) is 1.96. The van der Waals surface area contributed by atoms with Gasteiger partial charge in [0, 0.05) is 12.6 Å². The molecule has 1 saturated heterocycles. The normalized spacial score (nSPS) is 20.2. The second-order valence-corrected chi connectivity index (χ2v) is 8.43. The maximum Gasteiger partial charge on any atom is 0.208 e. The van der Waals surface area contributed by atoms with Crippen molar-refractivity contribution >= 4 is 9.84 Å². The van der Waals surface area contributed by atoms with Gasteiger partial charge in [-0.1, -0.05) is 30.3 Å². The van der Waals surface area contributed by atoms with Crippen LogP contribution in [-0.2, 0) is 22.9 Å². The Labute approximate surface area is 137 Å². The van der Waals surface area contributed by atoms with Crippen molar-refractivity contribution in [3.05, 3.63) is 53.2 Å². The van der Waals surface area contributed by atoms with Gasteiger partial charge in [-0.05, 0) is 25.8 Å². The van der Waals surface area contributed by atoms with Gasteiger partial charge in [0.2, 0.25) is 5.89 Å². The number of rotatable bonds is 5. The topological polar surface area (TPSA) is 63.4 Å². The molecule has 0 radical (unpaired) electrons. The SMILES string of the molecule is Cc1nc(CN(Cc2ccccc2)[C@@H]2CCS(=O)(=O)C2)oc1C. The number of benzene rings is 1. The number of hydrogen-bond acceptors (Lipinski definition) is 5. The van der Waals surface area contributed by atoms with Gasteiger partial charge in [-0.15, -0.1) is 0 Å². The molecule has 0 aliphatic carbocycles. The Hall–Kier alpha value is -1.66. The minimum Gasteiger partial charge on any atom is -0.444 e. The Kier molecular flexibility index (Phi) is 4.55. The first-order chi connectivity index (χ1) is 10.9. The van der Waals surface area contributed by atoms with E-state index in [9.17, 15) is 8.42 Å². The van der Waals surface area contributed by atoms with Crippen molar-refractivity contribution in [2.24, 2.45) is 0 Å². The van der Waals surface area contributed by atoms with E-state index in [1.165, 1.54) is 0 Å². The summed E-state index contributed by atoms with van der Waals surface area (Å²) in [5, 5.41) is 0. The lowest BCUT2D eigenvalue weighted by Gasteiger charge is -2.26. The van der Waals surface area contributed by atoms with Crippen molar-refractivity contribution in [2.45, 2.75) is 39.4 Å². The molecule has 5 nitrogen and oxygen atoms in total. The van der Waals surface area contributed by atoms with E-state index in [1.54, 1.807) is 0 Å². The molecule has 1 aromatic heterocycles. The van der Waals surface area contributed by atoms with Crippen LogP contribution in [0.3, 0.4) is 0 Å². The Morgan fingerprint density at radius 2 is 1.96 bits per heavy atom. The van der Waals surface area contributed by atoms with E-state index in [0.29, 0.717) is 25.4 Å². The van der Waals surface area contributed by atoms with Crippen LogP contribution in [0.25, 0.3) is 0 Å². The highest BCUT2D eigenvalue weighted by Gasteiger charge is 2.33. The second kappa shape index (κ2) is 6.45. The maximum absolute atomic E-state index is 11.8. The predicted octanol–water partition coefficient (Wildman–Crippen LogP) is 2.48. The van der Waals surface area contributed by atoms with E-state index < -0.39 is 9.84 Å². The van der Waals surface area contributed by atoms with Gasteiger partial charge in [0.15, 0.2) is 9.84 Å². The van der Waals surface area contributed by atoms with Crippen LogP contribution in [0.2, 0.25) is 0 Å². The molecule has 0 N–H and O–H groups in total. The average molecular weight is 334 g/mol. The summed E-state index contributed by atoms with van der Waals surface area (Å²) in [7, 11) is -2.92. The number of oxazole rings is 1. The van der Waals surface area contributed by atoms with Crippen LogP contribution in [0.1, 0.15) is 29.3 Å². The average Bonchev–Trinajstić information content (AvgIpc) is 3.02. The van der Waals surface area contributed by atoms with Crippen LogP contribution in [0.4, 0.5) is 0 Å². The first kappa shape index (κ1) is 16.2. The van der Waals surface area contributed by atoms with Crippen LogP contribution in [0.15, 0.2) is 34.7 Å². The predicted molar refractivity (Wildman–Crippen MR) is 88.7 cm³/mol. The van der Waals surface area contributed by atoms with E-state index in [-0.39, 0.29) is 17.5 Å². The zero-order valence-corrected chi connectivity index (χ0v) is 14.3. The fourth-order valence-electron chi connectivity index (χ4n) is 2.98. The molecule has 1 aliphatic heterocycles. The van der Waals surface area contributed by atoms with Crippen LogP contribution in [0.5, 0.6) is 0 Å². The van der Waals surface area contributed by atoms with Gasteiger partial charge in [-0.3, -0.25) is 4.90 Å². The second-order valence-electron chi connectivity index (χ2n) is 6.20. The molecule has 2 heterocycles. The lowest BCUT2D eigenvalue weighted by Crippen LogP contribution is -2.35. The highest BCUT2D eigenvalue weighted by atomic mass is 32.2. The van der Waals surface area contributed by atoms with Gasteiger partial charge >= 0.3 is 0 Å². The third-order valence-corrected chi connectivity index (χ3v) is 6.11. The molecule has 23 heavy (non-hydrogen) atoms. The fraction of sp³-hybridized carbons (Fsp3) is 0.471. The Morgan fingerprint density at radius 3 is 2.52 bits per heavy atom. The van der Waals surface area contributed by atoms with Crippen molar-refractivity contribution in [1.82, 2.24) is 9.88 Å². The van der Waals surface area contributed by atoms with E-state index in [2.05, 4.69) is 22.0 Å². The third kappa shape index (κ3) is 4.00. The first-order valence-electron chi connectivity index (χ1n) is 7.84. The molecular weight excluding hydrogens is 312 g/mol. The van der Waals surface area contributed by atoms with Crippen molar-refractivity contribution in [3.8, 4) is 0 Å². The maximum atomic E-state index is 11.8. The standard InChI is InChI=1S/C17H22N2O3S/c1-13-14(2)22-17(18-13)11-19(10-15-6-4-3-5-7-15)16-8-9-23(20,21)12-16/h3-7,16H,8-12H2,1-2H3/t16-/m1/s1. The van der Waals surface area contributed by atoms with Gasteiger partial charge in [-0.25, -0.2) is 13.4 Å². The molecule has 1 aromatic carbocycles. The summed E-state index contributed by atoms with van der Waals surface area (Å²) in [4.78, 5) is 6.61. The van der Waals surface area contributed by atoms with Crippen LogP contribution < -0.4 is 0 Å². The zero-order chi connectivity index (χ0) is 16.4. The minimum atomic E-state index is -2.92. The molecule has 1 aliphatic rings. The Bertz CT molecular complexity index is 749. The lowest BCUT2D eigenvalue weighted by atomic mass is 10.1. The number of hydrogen-bond donors (Lipinski definition) is 0. The summed E-state index contributed by atoms with van der Waals surface area (Å²) >= 11 is 0. The third-order valence-electron chi connectivity index (χ3n) is 4.36. The van der Waals surface area contributed by atoms with Gasteiger partial charge in [0.25, 0.3) is 0 Å².